The third-order valence-corrected chi connectivity index (χ3v) is 3.43. The molecule has 0 fully saturated rings. The highest BCUT2D eigenvalue weighted by Gasteiger charge is 2.19. The van der Waals surface area contributed by atoms with Crippen LogP contribution in [-0.4, -0.2) is 35.0 Å². The number of unbranched alkanes of at least 4 members (excludes halogenated alkanes) is 2. The highest BCUT2D eigenvalue weighted by atomic mass is 19.1. The molecule has 1 heterocycles. The molecule has 0 aliphatic carbocycles. The fraction of sp³-hybridized carbons (Fsp3) is 0.353. The van der Waals surface area contributed by atoms with Crippen LogP contribution in [0.15, 0.2) is 41.1 Å². The Labute approximate surface area is 139 Å². The van der Waals surface area contributed by atoms with Gasteiger partial charge in [-0.05, 0) is 24.6 Å². The number of nitrogens with zero attached hydrogens (tertiary/aromatic N) is 2. The SMILES string of the molecule is CCCCCN(CC(=O)Nc1ccon1)C(=O)c1cccc(F)c1. The molecule has 1 aromatic carbocycles. The van der Waals surface area contributed by atoms with Crippen molar-refractivity contribution in [3.05, 3.63) is 48.0 Å². The van der Waals surface area contributed by atoms with Crippen LogP contribution < -0.4 is 5.32 Å². The van der Waals surface area contributed by atoms with Crippen molar-refractivity contribution in [1.82, 2.24) is 10.1 Å². The van der Waals surface area contributed by atoms with E-state index in [0.717, 1.165) is 19.3 Å². The predicted octanol–water partition coefficient (Wildman–Crippen LogP) is 3.08. The summed E-state index contributed by atoms with van der Waals surface area (Å²) in [5.74, 6) is -0.959. The highest BCUT2D eigenvalue weighted by molar-refractivity contribution is 5.99. The van der Waals surface area contributed by atoms with E-state index in [-0.39, 0.29) is 29.7 Å². The predicted molar refractivity (Wildman–Crippen MR) is 87.0 cm³/mol. The summed E-state index contributed by atoms with van der Waals surface area (Å²) in [5, 5.41) is 6.14. The number of hydrogen-bond donors (Lipinski definition) is 1. The van der Waals surface area contributed by atoms with Gasteiger partial charge in [-0.3, -0.25) is 9.59 Å². The molecule has 7 heteroatoms. The summed E-state index contributed by atoms with van der Waals surface area (Å²) in [6, 6.07) is 6.96. The number of rotatable bonds is 8. The molecule has 0 saturated carbocycles. The van der Waals surface area contributed by atoms with E-state index in [1.165, 1.54) is 41.5 Å². The average molecular weight is 333 g/mol. The molecule has 0 aliphatic heterocycles. The third-order valence-electron chi connectivity index (χ3n) is 3.43. The first-order valence-electron chi connectivity index (χ1n) is 7.85. The average Bonchev–Trinajstić information content (AvgIpc) is 3.06. The minimum atomic E-state index is -0.485. The zero-order valence-electron chi connectivity index (χ0n) is 13.5. The van der Waals surface area contributed by atoms with Gasteiger partial charge in [-0.1, -0.05) is 31.0 Å². The Morgan fingerprint density at radius 1 is 1.29 bits per heavy atom. The van der Waals surface area contributed by atoms with Gasteiger partial charge in [0.05, 0.1) is 0 Å². The van der Waals surface area contributed by atoms with Crippen LogP contribution in [0.3, 0.4) is 0 Å². The lowest BCUT2D eigenvalue weighted by molar-refractivity contribution is -0.117. The molecule has 0 unspecified atom stereocenters. The lowest BCUT2D eigenvalue weighted by atomic mass is 10.1. The van der Waals surface area contributed by atoms with Crippen LogP contribution >= 0.6 is 0 Å². The molecule has 128 valence electrons. The maximum absolute atomic E-state index is 13.3. The molecule has 0 spiro atoms. The number of anilines is 1. The number of aromatic nitrogens is 1. The smallest absolute Gasteiger partial charge is 0.254 e. The molecule has 0 aliphatic rings. The molecule has 24 heavy (non-hydrogen) atoms. The van der Waals surface area contributed by atoms with Gasteiger partial charge in [0.15, 0.2) is 5.82 Å². The van der Waals surface area contributed by atoms with Gasteiger partial charge < -0.3 is 14.7 Å². The number of halogens is 1. The number of nitrogens with one attached hydrogen (secondary N) is 1. The first-order valence-corrected chi connectivity index (χ1v) is 7.85. The molecule has 6 nitrogen and oxygen atoms in total. The van der Waals surface area contributed by atoms with Gasteiger partial charge in [-0.15, -0.1) is 0 Å². The van der Waals surface area contributed by atoms with Crippen molar-refractivity contribution in [3.8, 4) is 0 Å². The Hall–Kier alpha value is -2.70. The van der Waals surface area contributed by atoms with Crippen LogP contribution in [0.4, 0.5) is 10.2 Å². The first kappa shape index (κ1) is 17.7. The Morgan fingerprint density at radius 2 is 2.12 bits per heavy atom. The van der Waals surface area contributed by atoms with E-state index in [4.69, 9.17) is 0 Å². The fourth-order valence-electron chi connectivity index (χ4n) is 2.24. The summed E-state index contributed by atoms with van der Waals surface area (Å²) in [6.45, 7) is 2.34. The van der Waals surface area contributed by atoms with E-state index < -0.39 is 5.82 Å². The van der Waals surface area contributed by atoms with Crippen LogP contribution in [0.2, 0.25) is 0 Å². The molecule has 1 N–H and O–H groups in total. The normalized spacial score (nSPS) is 10.4. The van der Waals surface area contributed by atoms with Crippen molar-refractivity contribution in [2.45, 2.75) is 26.2 Å². The molecule has 0 radical (unpaired) electrons. The van der Waals surface area contributed by atoms with E-state index in [0.29, 0.717) is 6.54 Å². The van der Waals surface area contributed by atoms with Crippen LogP contribution in [0, 0.1) is 5.82 Å². The molecule has 2 rings (SSSR count). The molecule has 2 aromatic rings. The maximum Gasteiger partial charge on any atom is 0.254 e. The first-order chi connectivity index (χ1) is 11.6. The highest BCUT2D eigenvalue weighted by Crippen LogP contribution is 2.10. The summed E-state index contributed by atoms with van der Waals surface area (Å²) < 4.78 is 18.0. The number of amides is 2. The van der Waals surface area contributed by atoms with Gasteiger partial charge in [-0.25, -0.2) is 4.39 Å². The standard InChI is InChI=1S/C17H20FN3O3/c1-2-3-4-9-21(12-16(22)19-15-8-10-24-20-15)17(23)13-6-5-7-14(18)11-13/h5-8,10-11H,2-4,9,12H2,1H3,(H,19,20,22). The second-order valence-corrected chi connectivity index (χ2v) is 5.38. The van der Waals surface area contributed by atoms with Gasteiger partial charge in [0.1, 0.15) is 18.6 Å². The molecule has 0 bridgehead atoms. The Kier molecular flexibility index (Phi) is 6.48. The van der Waals surface area contributed by atoms with Crippen LogP contribution in [0.5, 0.6) is 0 Å². The quantitative estimate of drug-likeness (QED) is 0.753. The lowest BCUT2D eigenvalue weighted by Crippen LogP contribution is -2.38. The minimum Gasteiger partial charge on any atom is -0.363 e. The van der Waals surface area contributed by atoms with E-state index in [2.05, 4.69) is 21.9 Å². The Balaban J connectivity index is 2.05. The van der Waals surface area contributed by atoms with E-state index in [1.807, 2.05) is 0 Å². The van der Waals surface area contributed by atoms with Crippen LogP contribution in [0.1, 0.15) is 36.5 Å². The minimum absolute atomic E-state index is 0.133. The lowest BCUT2D eigenvalue weighted by Gasteiger charge is -2.22. The molecule has 0 saturated heterocycles. The van der Waals surface area contributed by atoms with Gasteiger partial charge in [-0.2, -0.15) is 0 Å². The van der Waals surface area contributed by atoms with Gasteiger partial charge in [0.25, 0.3) is 5.91 Å². The van der Waals surface area contributed by atoms with E-state index in [9.17, 15) is 14.0 Å². The Bertz CT molecular complexity index is 673. The van der Waals surface area contributed by atoms with Crippen molar-refractivity contribution < 1.29 is 18.5 Å². The topological polar surface area (TPSA) is 75.4 Å². The zero-order valence-corrected chi connectivity index (χ0v) is 13.5. The van der Waals surface area contributed by atoms with Crippen molar-refractivity contribution in [2.24, 2.45) is 0 Å². The number of carbonyl (C=O) groups excluding carboxylic acids is 2. The zero-order chi connectivity index (χ0) is 17.4. The second-order valence-electron chi connectivity index (χ2n) is 5.38. The van der Waals surface area contributed by atoms with Crippen LogP contribution in [0.25, 0.3) is 0 Å². The monoisotopic (exact) mass is 333 g/mol. The van der Waals surface area contributed by atoms with Crippen molar-refractivity contribution in [2.75, 3.05) is 18.4 Å². The van der Waals surface area contributed by atoms with E-state index in [1.54, 1.807) is 0 Å². The molecule has 2 amide bonds. The number of hydrogen-bond acceptors (Lipinski definition) is 4. The molecule has 1 aromatic heterocycles. The van der Waals surface area contributed by atoms with E-state index >= 15 is 0 Å². The van der Waals surface area contributed by atoms with Crippen molar-refractivity contribution in [1.29, 1.82) is 0 Å². The fourth-order valence-corrected chi connectivity index (χ4v) is 2.24. The summed E-state index contributed by atoms with van der Waals surface area (Å²) in [5.41, 5.74) is 0.223. The summed E-state index contributed by atoms with van der Waals surface area (Å²) >= 11 is 0. The second kappa shape index (κ2) is 8.81. The Morgan fingerprint density at radius 3 is 2.79 bits per heavy atom. The molecular weight excluding hydrogens is 313 g/mol. The molecule has 0 atom stereocenters. The van der Waals surface area contributed by atoms with Gasteiger partial charge >= 0.3 is 0 Å². The summed E-state index contributed by atoms with van der Waals surface area (Å²) in [6.07, 6.45) is 4.05. The summed E-state index contributed by atoms with van der Waals surface area (Å²) in [4.78, 5) is 26.1. The van der Waals surface area contributed by atoms with Crippen molar-refractivity contribution >= 4 is 17.6 Å². The number of carbonyl (C=O) groups is 2. The number of benzene rings is 1. The van der Waals surface area contributed by atoms with Crippen molar-refractivity contribution in [3.63, 3.8) is 0 Å². The van der Waals surface area contributed by atoms with Crippen LogP contribution in [-0.2, 0) is 4.79 Å². The maximum atomic E-state index is 13.3. The van der Waals surface area contributed by atoms with Gasteiger partial charge in [0.2, 0.25) is 5.91 Å². The molecular formula is C17H20FN3O3. The van der Waals surface area contributed by atoms with Gasteiger partial charge in [0, 0.05) is 18.2 Å². The third kappa shape index (κ3) is 5.19. The summed E-state index contributed by atoms with van der Waals surface area (Å²) in [7, 11) is 0. The largest absolute Gasteiger partial charge is 0.363 e.